The van der Waals surface area contributed by atoms with Crippen molar-refractivity contribution in [2.24, 2.45) is 4.99 Å². The first-order valence-electron chi connectivity index (χ1n) is 8.15. The minimum Gasteiger partial charge on any atom is -0.354 e. The van der Waals surface area contributed by atoms with Gasteiger partial charge in [-0.05, 0) is 36.6 Å². The van der Waals surface area contributed by atoms with Crippen LogP contribution in [-0.2, 0) is 22.1 Å². The second-order valence-corrected chi connectivity index (χ2v) is 9.60. The molecule has 0 bridgehead atoms. The summed E-state index contributed by atoms with van der Waals surface area (Å²) in [5.74, 6) is 0.907. The number of guanidine groups is 1. The smallest absolute Gasteiger partial charge is 0.191 e. The first kappa shape index (κ1) is 22.6. The third kappa shape index (κ3) is 8.17. The average Bonchev–Trinajstić information content (AvgIpc) is 2.99. The largest absolute Gasteiger partial charge is 0.354 e. The van der Waals surface area contributed by atoms with Gasteiger partial charge in [-0.15, -0.1) is 24.0 Å². The van der Waals surface area contributed by atoms with Gasteiger partial charge in [0, 0.05) is 31.1 Å². The van der Waals surface area contributed by atoms with Gasteiger partial charge in [-0.2, -0.15) is 11.8 Å². The molecule has 8 heteroatoms. The molecule has 1 fully saturated rings. The predicted octanol–water partition coefficient (Wildman–Crippen LogP) is 2.80. The molecular weight excluding hydrogens is 469 g/mol. The molecule has 1 aliphatic carbocycles. The van der Waals surface area contributed by atoms with Crippen LogP contribution < -0.4 is 10.6 Å². The van der Waals surface area contributed by atoms with E-state index in [4.69, 9.17) is 0 Å². The fraction of sp³-hybridized carbons (Fsp3) is 0.588. The maximum absolute atomic E-state index is 11.3. The zero-order valence-corrected chi connectivity index (χ0v) is 19.0. The van der Waals surface area contributed by atoms with Crippen LogP contribution in [0.2, 0.25) is 0 Å². The lowest BCUT2D eigenvalue weighted by Gasteiger charge is -2.17. The van der Waals surface area contributed by atoms with Gasteiger partial charge in [0.2, 0.25) is 0 Å². The molecule has 5 nitrogen and oxygen atoms in total. The molecule has 0 aliphatic heterocycles. The Kier molecular flexibility index (Phi) is 9.58. The Morgan fingerprint density at radius 2 is 1.88 bits per heavy atom. The molecule has 0 spiro atoms. The normalized spacial score (nSPS) is 20.8. The number of sulfone groups is 1. The second-order valence-electron chi connectivity index (χ2n) is 6.32. The van der Waals surface area contributed by atoms with Gasteiger partial charge in [0.1, 0.15) is 0 Å². The van der Waals surface area contributed by atoms with Gasteiger partial charge in [0.15, 0.2) is 15.8 Å². The molecule has 0 aromatic heterocycles. The summed E-state index contributed by atoms with van der Waals surface area (Å²) in [6, 6.07) is 8.15. The quantitative estimate of drug-likeness (QED) is 0.360. The monoisotopic (exact) mass is 497 g/mol. The Bertz CT molecular complexity index is 663. The lowest BCUT2D eigenvalue weighted by atomic mass is 10.1. The van der Waals surface area contributed by atoms with E-state index in [1.54, 1.807) is 7.05 Å². The van der Waals surface area contributed by atoms with Crippen molar-refractivity contribution in [1.29, 1.82) is 0 Å². The highest BCUT2D eigenvalue weighted by Gasteiger charge is 2.24. The maximum Gasteiger partial charge on any atom is 0.191 e. The van der Waals surface area contributed by atoms with E-state index < -0.39 is 9.84 Å². The number of halogens is 1. The number of aliphatic imine (C=N–C) groups is 1. The third-order valence-electron chi connectivity index (χ3n) is 4.19. The molecule has 2 rings (SSSR count). The van der Waals surface area contributed by atoms with E-state index in [2.05, 4.69) is 21.9 Å². The summed E-state index contributed by atoms with van der Waals surface area (Å²) >= 11 is 1.94. The molecule has 142 valence electrons. The lowest BCUT2D eigenvalue weighted by Crippen LogP contribution is -2.42. The van der Waals surface area contributed by atoms with Crippen molar-refractivity contribution in [2.45, 2.75) is 42.9 Å². The van der Waals surface area contributed by atoms with Crippen molar-refractivity contribution in [3.8, 4) is 0 Å². The maximum atomic E-state index is 11.3. The highest BCUT2D eigenvalue weighted by Crippen LogP contribution is 2.27. The van der Waals surface area contributed by atoms with E-state index in [1.165, 1.54) is 25.5 Å². The van der Waals surface area contributed by atoms with Gasteiger partial charge >= 0.3 is 0 Å². The van der Waals surface area contributed by atoms with E-state index in [0.717, 1.165) is 22.3 Å². The summed E-state index contributed by atoms with van der Waals surface area (Å²) in [7, 11) is -1.20. The molecule has 0 radical (unpaired) electrons. The fourth-order valence-electron chi connectivity index (χ4n) is 2.92. The Hall–Kier alpha value is -0.480. The molecule has 2 N–H and O–H groups in total. The Morgan fingerprint density at radius 3 is 2.40 bits per heavy atom. The minimum atomic E-state index is -2.99. The van der Waals surface area contributed by atoms with Gasteiger partial charge < -0.3 is 10.6 Å². The molecule has 1 aliphatic rings. The molecule has 2 unspecified atom stereocenters. The van der Waals surface area contributed by atoms with E-state index in [0.29, 0.717) is 12.6 Å². The molecule has 1 aromatic rings. The van der Waals surface area contributed by atoms with Gasteiger partial charge in [0.05, 0.1) is 5.75 Å². The third-order valence-corrected chi connectivity index (χ3v) is 6.15. The fourth-order valence-corrected chi connectivity index (χ4v) is 4.51. The van der Waals surface area contributed by atoms with Crippen molar-refractivity contribution in [3.63, 3.8) is 0 Å². The van der Waals surface area contributed by atoms with E-state index in [-0.39, 0.29) is 29.7 Å². The van der Waals surface area contributed by atoms with Crippen molar-refractivity contribution in [1.82, 2.24) is 10.6 Å². The standard InChI is InChI=1S/C17H27N3O2S2.HI/c1-18-17(20-15-8-9-16(10-15)23-2)19-11-13-4-6-14(7-5-13)12-24(3,21)22;/h4-7,15-16H,8-12H2,1-3H3,(H2,18,19,20);1H. The van der Waals surface area contributed by atoms with Crippen LogP contribution in [0.25, 0.3) is 0 Å². The van der Waals surface area contributed by atoms with Crippen LogP contribution >= 0.6 is 35.7 Å². The van der Waals surface area contributed by atoms with Gasteiger partial charge in [0.25, 0.3) is 0 Å². The van der Waals surface area contributed by atoms with Gasteiger partial charge in [-0.3, -0.25) is 4.99 Å². The molecule has 0 saturated heterocycles. The SMILES string of the molecule is CN=C(NCc1ccc(CS(C)(=O)=O)cc1)NC1CCC(SC)C1.I. The van der Waals surface area contributed by atoms with Crippen LogP contribution in [0.1, 0.15) is 30.4 Å². The van der Waals surface area contributed by atoms with Gasteiger partial charge in [-0.1, -0.05) is 24.3 Å². The lowest BCUT2D eigenvalue weighted by molar-refractivity contribution is 0.601. The average molecular weight is 497 g/mol. The second kappa shape index (κ2) is 10.6. The van der Waals surface area contributed by atoms with Crippen molar-refractivity contribution >= 4 is 51.5 Å². The van der Waals surface area contributed by atoms with Crippen molar-refractivity contribution < 1.29 is 8.42 Å². The number of benzene rings is 1. The van der Waals surface area contributed by atoms with Crippen LogP contribution in [0.15, 0.2) is 29.3 Å². The summed E-state index contributed by atoms with van der Waals surface area (Å²) in [5, 5.41) is 7.57. The first-order chi connectivity index (χ1) is 11.4. The van der Waals surface area contributed by atoms with Crippen LogP contribution in [0.3, 0.4) is 0 Å². The Balaban J connectivity index is 0.00000312. The van der Waals surface area contributed by atoms with Crippen LogP contribution in [0, 0.1) is 0 Å². The van der Waals surface area contributed by atoms with E-state index in [9.17, 15) is 8.42 Å². The highest BCUT2D eigenvalue weighted by molar-refractivity contribution is 14.0. The number of thioether (sulfide) groups is 1. The molecule has 25 heavy (non-hydrogen) atoms. The highest BCUT2D eigenvalue weighted by atomic mass is 127. The molecule has 0 heterocycles. The van der Waals surface area contributed by atoms with Crippen molar-refractivity contribution in [2.75, 3.05) is 19.6 Å². The van der Waals surface area contributed by atoms with Crippen LogP contribution in [0.4, 0.5) is 0 Å². The van der Waals surface area contributed by atoms with Crippen LogP contribution in [-0.4, -0.2) is 45.2 Å². The zero-order chi connectivity index (χ0) is 17.6. The summed E-state index contributed by atoms with van der Waals surface area (Å²) in [5.41, 5.74) is 1.92. The number of rotatable bonds is 6. The van der Waals surface area contributed by atoms with Crippen molar-refractivity contribution in [3.05, 3.63) is 35.4 Å². The van der Waals surface area contributed by atoms with Gasteiger partial charge in [-0.25, -0.2) is 8.42 Å². The summed E-state index contributed by atoms with van der Waals surface area (Å²) in [6.45, 7) is 0.664. The topological polar surface area (TPSA) is 70.6 Å². The molecule has 1 aromatic carbocycles. The predicted molar refractivity (Wildman–Crippen MR) is 119 cm³/mol. The first-order valence-corrected chi connectivity index (χ1v) is 11.5. The number of nitrogens with zero attached hydrogens (tertiary/aromatic N) is 1. The molecule has 1 saturated carbocycles. The number of hydrogen-bond donors (Lipinski definition) is 2. The van der Waals surface area contributed by atoms with E-state index >= 15 is 0 Å². The van der Waals surface area contributed by atoms with Crippen LogP contribution in [0.5, 0.6) is 0 Å². The number of nitrogens with one attached hydrogen (secondary N) is 2. The zero-order valence-electron chi connectivity index (χ0n) is 15.0. The Labute approximate surface area is 172 Å². The Morgan fingerprint density at radius 1 is 1.24 bits per heavy atom. The summed E-state index contributed by atoms with van der Waals surface area (Å²) in [4.78, 5) is 4.29. The minimum absolute atomic E-state index is 0. The van der Waals surface area contributed by atoms with E-state index in [1.807, 2.05) is 36.0 Å². The summed E-state index contributed by atoms with van der Waals surface area (Å²) < 4.78 is 22.6. The number of hydrogen-bond acceptors (Lipinski definition) is 4. The molecule has 0 amide bonds. The molecular formula is C17H28IN3O2S2. The molecule has 2 atom stereocenters. The summed E-state index contributed by atoms with van der Waals surface area (Å²) in [6.07, 6.45) is 7.06.